The lowest BCUT2D eigenvalue weighted by atomic mass is 10.1. The van der Waals surface area contributed by atoms with Gasteiger partial charge in [0, 0.05) is 5.56 Å². The van der Waals surface area contributed by atoms with E-state index in [-0.39, 0.29) is 17.2 Å². The fraction of sp³-hybridized carbons (Fsp3) is 0.143. The average molecular weight is 385 g/mol. The van der Waals surface area contributed by atoms with E-state index < -0.39 is 11.8 Å². The van der Waals surface area contributed by atoms with Gasteiger partial charge in [0.05, 0.1) is 12.1 Å². The number of esters is 1. The molecule has 0 spiro atoms. The van der Waals surface area contributed by atoms with Crippen LogP contribution in [0.5, 0.6) is 11.5 Å². The second kappa shape index (κ2) is 8.56. The highest BCUT2D eigenvalue weighted by atomic mass is 35.5. The molecule has 3 aromatic rings. The molecule has 0 radical (unpaired) electrons. The van der Waals surface area contributed by atoms with E-state index in [2.05, 4.69) is 4.74 Å². The number of methoxy groups -OCH3 is 1. The van der Waals surface area contributed by atoms with Gasteiger partial charge in [0.15, 0.2) is 0 Å². The molecule has 27 heavy (non-hydrogen) atoms. The zero-order chi connectivity index (χ0) is 19.2. The molecule has 0 aliphatic rings. The molecular weight excluding hydrogens is 368 g/mol. The van der Waals surface area contributed by atoms with Crippen molar-refractivity contribution in [3.63, 3.8) is 0 Å². The van der Waals surface area contributed by atoms with Gasteiger partial charge in [-0.1, -0.05) is 41.9 Å². The van der Waals surface area contributed by atoms with Crippen molar-refractivity contribution in [1.29, 1.82) is 0 Å². The van der Waals surface area contributed by atoms with E-state index in [0.29, 0.717) is 12.4 Å². The molecule has 0 aliphatic heterocycles. The van der Waals surface area contributed by atoms with Crippen LogP contribution in [0, 0.1) is 0 Å². The Bertz CT molecular complexity index is 983. The molecule has 138 valence electrons. The van der Waals surface area contributed by atoms with E-state index in [4.69, 9.17) is 21.1 Å². The largest absolute Gasteiger partial charge is 0.490 e. The van der Waals surface area contributed by atoms with Crippen LogP contribution in [0.1, 0.15) is 10.4 Å². The minimum atomic E-state index is -0.941. The molecule has 0 saturated heterocycles. The zero-order valence-electron chi connectivity index (χ0n) is 14.6. The molecule has 0 fully saturated rings. The topological polar surface area (TPSA) is 61.8 Å². The second-order valence-corrected chi connectivity index (χ2v) is 6.08. The third-order valence-corrected chi connectivity index (χ3v) is 4.19. The van der Waals surface area contributed by atoms with Crippen LogP contribution in [-0.2, 0) is 9.53 Å². The lowest BCUT2D eigenvalue weighted by Crippen LogP contribution is -2.15. The van der Waals surface area contributed by atoms with Gasteiger partial charge in [0.25, 0.3) is 5.78 Å². The van der Waals surface area contributed by atoms with Gasteiger partial charge in [0.2, 0.25) is 0 Å². The highest BCUT2D eigenvalue weighted by molar-refractivity contribution is 6.41. The molecule has 0 saturated carbocycles. The fourth-order valence-electron chi connectivity index (χ4n) is 2.54. The first-order valence-electron chi connectivity index (χ1n) is 8.25. The molecule has 3 aromatic carbocycles. The lowest BCUT2D eigenvalue weighted by Gasteiger charge is -2.11. The Morgan fingerprint density at radius 3 is 2.37 bits per heavy atom. The first-order valence-corrected chi connectivity index (χ1v) is 8.63. The molecule has 3 rings (SSSR count). The predicted molar refractivity (Wildman–Crippen MR) is 103 cm³/mol. The van der Waals surface area contributed by atoms with Gasteiger partial charge in [-0.05, 0) is 41.1 Å². The number of ether oxygens (including phenoxy) is 3. The molecule has 0 atom stereocenters. The number of hydrogen-bond acceptors (Lipinski definition) is 5. The van der Waals surface area contributed by atoms with E-state index in [9.17, 15) is 9.59 Å². The van der Waals surface area contributed by atoms with Crippen molar-refractivity contribution in [3.05, 3.63) is 71.2 Å². The highest BCUT2D eigenvalue weighted by Gasteiger charge is 2.18. The molecule has 0 N–H and O–H groups in total. The average Bonchev–Trinajstić information content (AvgIpc) is 2.70. The summed E-state index contributed by atoms with van der Waals surface area (Å²) >= 11 is 6.11. The minimum absolute atomic E-state index is 0.145. The second-order valence-electron chi connectivity index (χ2n) is 5.67. The first kappa shape index (κ1) is 18.7. The Morgan fingerprint density at radius 1 is 0.889 bits per heavy atom. The predicted octanol–water partition coefficient (Wildman–Crippen LogP) is 4.31. The molecule has 6 heteroatoms. The van der Waals surface area contributed by atoms with Gasteiger partial charge in [-0.15, -0.1) is 0 Å². The quantitative estimate of drug-likeness (QED) is 0.263. The van der Waals surface area contributed by atoms with Gasteiger partial charge >= 0.3 is 5.97 Å². The van der Waals surface area contributed by atoms with Crippen LogP contribution in [-0.4, -0.2) is 32.1 Å². The summed E-state index contributed by atoms with van der Waals surface area (Å²) in [6.07, 6.45) is 0. The number of halogens is 1. The Labute approximate surface area is 161 Å². The van der Waals surface area contributed by atoms with Crippen molar-refractivity contribution in [2.24, 2.45) is 0 Å². The summed E-state index contributed by atoms with van der Waals surface area (Å²) in [5, 5.41) is 2.48. The van der Waals surface area contributed by atoms with Crippen molar-refractivity contribution >= 4 is 34.1 Å². The van der Waals surface area contributed by atoms with Crippen molar-refractivity contribution in [2.75, 3.05) is 20.3 Å². The maximum absolute atomic E-state index is 11.8. The number of benzene rings is 3. The summed E-state index contributed by atoms with van der Waals surface area (Å²) in [5.74, 6) is -0.545. The molecule has 0 heterocycles. The van der Waals surface area contributed by atoms with E-state index in [1.165, 1.54) is 18.2 Å². The summed E-state index contributed by atoms with van der Waals surface area (Å²) in [6, 6.07) is 18.3. The molecule has 0 aliphatic carbocycles. The van der Waals surface area contributed by atoms with Crippen LogP contribution in [0.2, 0.25) is 5.02 Å². The van der Waals surface area contributed by atoms with Crippen LogP contribution < -0.4 is 9.47 Å². The number of carbonyl (C=O) groups excluding carboxylic acids is 2. The van der Waals surface area contributed by atoms with Crippen molar-refractivity contribution < 1.29 is 23.8 Å². The number of rotatable bonds is 7. The number of hydrogen-bond donors (Lipinski definition) is 0. The summed E-state index contributed by atoms with van der Waals surface area (Å²) in [7, 11) is 1.15. The van der Waals surface area contributed by atoms with E-state index >= 15 is 0 Å². The third kappa shape index (κ3) is 4.57. The van der Waals surface area contributed by atoms with Crippen LogP contribution in [0.15, 0.2) is 60.7 Å². The Kier molecular flexibility index (Phi) is 5.94. The van der Waals surface area contributed by atoms with E-state index in [1.807, 2.05) is 42.5 Å². The number of ketones is 1. The number of Topliss-reactive ketones (excluding diaryl/α,β-unsaturated/α-hetero) is 1. The Morgan fingerprint density at radius 2 is 1.63 bits per heavy atom. The van der Waals surface area contributed by atoms with Crippen LogP contribution in [0.4, 0.5) is 0 Å². The molecule has 0 bridgehead atoms. The molecule has 0 amide bonds. The maximum Gasteiger partial charge on any atom is 0.379 e. The number of fused-ring (bicyclic) bond motifs is 1. The van der Waals surface area contributed by atoms with Gasteiger partial charge in [-0.3, -0.25) is 4.79 Å². The van der Waals surface area contributed by atoms with E-state index in [1.54, 1.807) is 0 Å². The van der Waals surface area contributed by atoms with Crippen LogP contribution in [0.25, 0.3) is 10.8 Å². The monoisotopic (exact) mass is 384 g/mol. The zero-order valence-corrected chi connectivity index (χ0v) is 15.4. The summed E-state index contributed by atoms with van der Waals surface area (Å²) in [6.45, 7) is 0.606. The van der Waals surface area contributed by atoms with Crippen LogP contribution >= 0.6 is 11.6 Å². The van der Waals surface area contributed by atoms with Gasteiger partial charge in [-0.25, -0.2) is 4.79 Å². The third-order valence-electron chi connectivity index (χ3n) is 3.90. The van der Waals surface area contributed by atoms with E-state index in [0.717, 1.165) is 23.6 Å². The molecular formula is C21H17ClO5. The normalized spacial score (nSPS) is 10.4. The van der Waals surface area contributed by atoms with Crippen molar-refractivity contribution in [1.82, 2.24) is 0 Å². The maximum atomic E-state index is 11.8. The van der Waals surface area contributed by atoms with Crippen molar-refractivity contribution in [3.8, 4) is 11.5 Å². The van der Waals surface area contributed by atoms with Crippen LogP contribution in [0.3, 0.4) is 0 Å². The molecule has 0 unspecified atom stereocenters. The van der Waals surface area contributed by atoms with Gasteiger partial charge < -0.3 is 14.2 Å². The standard InChI is InChI=1S/C21H17ClO5/c1-25-21(24)20(23)16-7-9-19(18(22)13-16)27-11-10-26-17-8-6-14-4-2-3-5-15(14)12-17/h2-9,12-13H,10-11H2,1H3. The Balaban J connectivity index is 1.55. The van der Waals surface area contributed by atoms with Gasteiger partial charge in [0.1, 0.15) is 24.7 Å². The summed E-state index contributed by atoms with van der Waals surface area (Å²) < 4.78 is 15.7. The smallest absolute Gasteiger partial charge is 0.379 e. The summed E-state index contributed by atoms with van der Waals surface area (Å²) in [4.78, 5) is 23.0. The first-order chi connectivity index (χ1) is 13.1. The summed E-state index contributed by atoms with van der Waals surface area (Å²) in [5.41, 5.74) is 0.145. The highest BCUT2D eigenvalue weighted by Crippen LogP contribution is 2.26. The number of carbonyl (C=O) groups is 2. The fourth-order valence-corrected chi connectivity index (χ4v) is 2.77. The minimum Gasteiger partial charge on any atom is -0.490 e. The SMILES string of the molecule is COC(=O)C(=O)c1ccc(OCCOc2ccc3ccccc3c2)c(Cl)c1. The Hall–Kier alpha value is -3.05. The lowest BCUT2D eigenvalue weighted by molar-refractivity contribution is -0.135. The van der Waals surface area contributed by atoms with Gasteiger partial charge in [-0.2, -0.15) is 0 Å². The molecule has 5 nitrogen and oxygen atoms in total. The molecule has 0 aromatic heterocycles. The van der Waals surface area contributed by atoms with Crippen molar-refractivity contribution in [2.45, 2.75) is 0 Å².